The van der Waals surface area contributed by atoms with Gasteiger partial charge in [0.25, 0.3) is 0 Å². The van der Waals surface area contributed by atoms with Gasteiger partial charge in [-0.1, -0.05) is 12.1 Å². The zero-order valence-corrected chi connectivity index (χ0v) is 13.9. The molecule has 0 spiro atoms. The summed E-state index contributed by atoms with van der Waals surface area (Å²) in [4.78, 5) is 14.4. The average Bonchev–Trinajstić information content (AvgIpc) is 2.80. The molecule has 0 saturated carbocycles. The minimum Gasteiger partial charge on any atom is -0.497 e. The summed E-state index contributed by atoms with van der Waals surface area (Å²) >= 11 is 1.82. The molecule has 1 saturated heterocycles. The van der Waals surface area contributed by atoms with Gasteiger partial charge >= 0.3 is 0 Å². The molecule has 0 bridgehead atoms. The Kier molecular flexibility index (Phi) is 5.53. The molecular weight excluding hydrogens is 284 g/mol. The van der Waals surface area contributed by atoms with Crippen molar-refractivity contribution in [3.63, 3.8) is 0 Å². The number of carbonyl (C=O) groups is 1. The molecular formula is C16H24N2O2S. The standard InChI is InChI=1S/C16H24N2O2S/c1-11(9-10-21-4)18-15(17-12(2)16(18)19)13-5-7-14(20-3)8-6-13/h5-8,11-12,15,17H,9-10H2,1-4H3. The minimum absolute atomic E-state index is 0.0461. The highest BCUT2D eigenvalue weighted by molar-refractivity contribution is 7.98. The van der Waals surface area contributed by atoms with Crippen LogP contribution in [0.1, 0.15) is 32.0 Å². The van der Waals surface area contributed by atoms with E-state index >= 15 is 0 Å². The number of ether oxygens (including phenoxy) is 1. The van der Waals surface area contributed by atoms with Crippen molar-refractivity contribution in [2.75, 3.05) is 19.1 Å². The molecule has 3 atom stereocenters. The van der Waals surface area contributed by atoms with Crippen LogP contribution in [0.15, 0.2) is 24.3 Å². The molecule has 0 radical (unpaired) electrons. The summed E-state index contributed by atoms with van der Waals surface area (Å²) in [6.07, 6.45) is 3.06. The first-order chi connectivity index (χ1) is 10.1. The number of rotatable bonds is 6. The fourth-order valence-corrected chi connectivity index (χ4v) is 3.26. The number of amides is 1. The Balaban J connectivity index is 2.20. The van der Waals surface area contributed by atoms with Gasteiger partial charge in [0.15, 0.2) is 0 Å². The predicted octanol–water partition coefficient (Wildman–Crippen LogP) is 2.66. The lowest BCUT2D eigenvalue weighted by atomic mass is 10.1. The van der Waals surface area contributed by atoms with Crippen LogP contribution in [-0.2, 0) is 4.79 Å². The maximum absolute atomic E-state index is 12.4. The van der Waals surface area contributed by atoms with E-state index in [1.807, 2.05) is 47.9 Å². The molecule has 1 aliphatic heterocycles. The van der Waals surface area contributed by atoms with E-state index in [2.05, 4.69) is 18.5 Å². The Labute approximate surface area is 131 Å². The molecule has 1 N–H and O–H groups in total. The van der Waals surface area contributed by atoms with E-state index in [1.165, 1.54) is 0 Å². The Bertz CT molecular complexity index is 478. The number of carbonyl (C=O) groups excluding carboxylic acids is 1. The fraction of sp³-hybridized carbons (Fsp3) is 0.562. The molecule has 1 heterocycles. The zero-order valence-electron chi connectivity index (χ0n) is 13.1. The van der Waals surface area contributed by atoms with E-state index in [0.29, 0.717) is 0 Å². The monoisotopic (exact) mass is 308 g/mol. The second-order valence-electron chi connectivity index (χ2n) is 5.44. The van der Waals surface area contributed by atoms with Crippen molar-refractivity contribution in [1.82, 2.24) is 10.2 Å². The van der Waals surface area contributed by atoms with Crippen LogP contribution < -0.4 is 10.1 Å². The number of hydrogen-bond acceptors (Lipinski definition) is 4. The Morgan fingerprint density at radius 1 is 1.38 bits per heavy atom. The Morgan fingerprint density at radius 3 is 2.62 bits per heavy atom. The summed E-state index contributed by atoms with van der Waals surface area (Å²) in [5, 5.41) is 3.39. The van der Waals surface area contributed by atoms with Crippen LogP contribution in [0.5, 0.6) is 5.75 Å². The number of nitrogens with one attached hydrogen (secondary N) is 1. The van der Waals surface area contributed by atoms with Crippen LogP contribution in [0.25, 0.3) is 0 Å². The van der Waals surface area contributed by atoms with Gasteiger partial charge in [0.1, 0.15) is 11.9 Å². The van der Waals surface area contributed by atoms with Gasteiger partial charge in [-0.25, -0.2) is 0 Å². The van der Waals surface area contributed by atoms with Crippen molar-refractivity contribution < 1.29 is 9.53 Å². The van der Waals surface area contributed by atoms with Gasteiger partial charge in [-0.3, -0.25) is 10.1 Å². The number of methoxy groups -OCH3 is 1. The third-order valence-electron chi connectivity index (χ3n) is 3.96. The third-order valence-corrected chi connectivity index (χ3v) is 4.60. The van der Waals surface area contributed by atoms with Crippen molar-refractivity contribution in [3.8, 4) is 5.75 Å². The number of nitrogens with zero attached hydrogens (tertiary/aromatic N) is 1. The van der Waals surface area contributed by atoms with Crippen LogP contribution in [0.2, 0.25) is 0 Å². The number of thioether (sulfide) groups is 1. The van der Waals surface area contributed by atoms with Crippen molar-refractivity contribution in [1.29, 1.82) is 0 Å². The van der Waals surface area contributed by atoms with Crippen molar-refractivity contribution >= 4 is 17.7 Å². The van der Waals surface area contributed by atoms with E-state index in [9.17, 15) is 4.79 Å². The molecule has 0 aliphatic carbocycles. The van der Waals surface area contributed by atoms with Gasteiger partial charge in [0, 0.05) is 6.04 Å². The zero-order chi connectivity index (χ0) is 15.4. The SMILES string of the molecule is COc1ccc(C2NC(C)C(=O)N2C(C)CCSC)cc1. The van der Waals surface area contributed by atoms with Crippen LogP contribution in [0.3, 0.4) is 0 Å². The number of hydrogen-bond donors (Lipinski definition) is 1. The molecule has 1 aliphatic rings. The van der Waals surface area contributed by atoms with E-state index in [0.717, 1.165) is 23.5 Å². The molecule has 5 heteroatoms. The first kappa shape index (κ1) is 16.2. The van der Waals surface area contributed by atoms with Crippen molar-refractivity contribution in [2.24, 2.45) is 0 Å². The summed E-state index contributed by atoms with van der Waals surface area (Å²) < 4.78 is 5.20. The molecule has 4 nitrogen and oxygen atoms in total. The van der Waals surface area contributed by atoms with Crippen LogP contribution in [0, 0.1) is 0 Å². The second-order valence-corrected chi connectivity index (χ2v) is 6.43. The van der Waals surface area contributed by atoms with Gasteiger partial charge in [0.2, 0.25) is 5.91 Å². The second kappa shape index (κ2) is 7.18. The molecule has 1 aromatic rings. The largest absolute Gasteiger partial charge is 0.497 e. The molecule has 3 unspecified atom stereocenters. The summed E-state index contributed by atoms with van der Waals surface area (Å²) in [7, 11) is 1.66. The Morgan fingerprint density at radius 2 is 2.05 bits per heavy atom. The van der Waals surface area contributed by atoms with Crippen molar-refractivity contribution in [3.05, 3.63) is 29.8 Å². The van der Waals surface area contributed by atoms with Gasteiger partial charge in [-0.2, -0.15) is 11.8 Å². The topological polar surface area (TPSA) is 41.6 Å². The van der Waals surface area contributed by atoms with Gasteiger partial charge in [-0.05, 0) is 50.0 Å². The Hall–Kier alpha value is -1.20. The summed E-state index contributed by atoms with van der Waals surface area (Å²) in [6.45, 7) is 4.06. The molecule has 116 valence electrons. The molecule has 0 aromatic heterocycles. The highest BCUT2D eigenvalue weighted by atomic mass is 32.2. The summed E-state index contributed by atoms with van der Waals surface area (Å²) in [6, 6.07) is 8.03. The first-order valence-electron chi connectivity index (χ1n) is 7.29. The molecule has 1 aromatic carbocycles. The van der Waals surface area contributed by atoms with Gasteiger partial charge < -0.3 is 9.64 Å². The van der Waals surface area contributed by atoms with Crippen LogP contribution in [0.4, 0.5) is 0 Å². The van der Waals surface area contributed by atoms with Gasteiger partial charge in [0.05, 0.1) is 13.2 Å². The summed E-state index contributed by atoms with van der Waals surface area (Å²) in [5.74, 6) is 2.08. The fourth-order valence-electron chi connectivity index (χ4n) is 2.68. The highest BCUT2D eigenvalue weighted by Crippen LogP contribution is 2.29. The minimum atomic E-state index is -0.131. The van der Waals surface area contributed by atoms with Gasteiger partial charge in [-0.15, -0.1) is 0 Å². The predicted molar refractivity (Wildman–Crippen MR) is 87.6 cm³/mol. The van der Waals surface area contributed by atoms with Crippen molar-refractivity contribution in [2.45, 2.75) is 38.5 Å². The van der Waals surface area contributed by atoms with E-state index in [1.54, 1.807) is 7.11 Å². The summed E-state index contributed by atoms with van der Waals surface area (Å²) in [5.41, 5.74) is 1.10. The smallest absolute Gasteiger partial charge is 0.241 e. The molecule has 1 fully saturated rings. The van der Waals surface area contributed by atoms with E-state index < -0.39 is 0 Å². The maximum atomic E-state index is 12.4. The lowest BCUT2D eigenvalue weighted by Crippen LogP contribution is -2.38. The molecule has 2 rings (SSSR count). The number of benzene rings is 1. The van der Waals surface area contributed by atoms with E-state index in [-0.39, 0.29) is 24.2 Å². The van der Waals surface area contributed by atoms with E-state index in [4.69, 9.17) is 4.74 Å². The van der Waals surface area contributed by atoms with Crippen LogP contribution in [-0.4, -0.2) is 42.0 Å². The first-order valence-corrected chi connectivity index (χ1v) is 8.69. The van der Waals surface area contributed by atoms with Crippen LogP contribution >= 0.6 is 11.8 Å². The normalized spacial score (nSPS) is 23.4. The average molecular weight is 308 g/mol. The lowest BCUT2D eigenvalue weighted by Gasteiger charge is -2.30. The third kappa shape index (κ3) is 3.52. The quantitative estimate of drug-likeness (QED) is 0.877. The lowest BCUT2D eigenvalue weighted by molar-refractivity contribution is -0.131. The maximum Gasteiger partial charge on any atom is 0.241 e. The molecule has 21 heavy (non-hydrogen) atoms. The molecule has 1 amide bonds. The highest BCUT2D eigenvalue weighted by Gasteiger charge is 2.39.